The van der Waals surface area contributed by atoms with Gasteiger partial charge in [0.25, 0.3) is 5.69 Å². The highest BCUT2D eigenvalue weighted by atomic mass is 32.2. The minimum Gasteiger partial charge on any atom is -0.341 e. The van der Waals surface area contributed by atoms with E-state index in [1.54, 1.807) is 18.2 Å². The van der Waals surface area contributed by atoms with E-state index in [9.17, 15) is 23.3 Å². The largest absolute Gasteiger partial charge is 0.341 e. The van der Waals surface area contributed by atoms with Gasteiger partial charge in [0, 0.05) is 25.1 Å². The number of amides is 1. The Labute approximate surface area is 141 Å². The highest BCUT2D eigenvalue weighted by Crippen LogP contribution is 2.25. The number of nitro benzene ring substituents is 1. The molecule has 0 radical (unpaired) electrons. The number of benzene rings is 1. The van der Waals surface area contributed by atoms with Crippen molar-refractivity contribution < 1.29 is 18.1 Å². The van der Waals surface area contributed by atoms with Crippen LogP contribution in [-0.2, 0) is 21.2 Å². The van der Waals surface area contributed by atoms with Crippen LogP contribution in [0.4, 0.5) is 5.69 Å². The maximum atomic E-state index is 12.2. The number of rotatable bonds is 7. The highest BCUT2D eigenvalue weighted by Gasteiger charge is 2.29. The Bertz CT molecular complexity index is 711. The van der Waals surface area contributed by atoms with Gasteiger partial charge in [-0.3, -0.25) is 14.9 Å². The van der Waals surface area contributed by atoms with Crippen molar-refractivity contribution in [2.24, 2.45) is 0 Å². The lowest BCUT2D eigenvalue weighted by atomic mass is 10.1. The molecular weight excluding hydrogens is 332 g/mol. The first-order chi connectivity index (χ1) is 11.3. The van der Waals surface area contributed by atoms with Gasteiger partial charge in [-0.15, -0.1) is 0 Å². The van der Waals surface area contributed by atoms with E-state index in [2.05, 4.69) is 0 Å². The molecule has 0 N–H and O–H groups in total. The molecule has 1 amide bonds. The Morgan fingerprint density at radius 1 is 1.29 bits per heavy atom. The first-order valence-electron chi connectivity index (χ1n) is 7.99. The van der Waals surface area contributed by atoms with Crippen LogP contribution in [0, 0.1) is 10.1 Å². The molecule has 0 unspecified atom stereocenters. The van der Waals surface area contributed by atoms with Gasteiger partial charge in [0.1, 0.15) is 0 Å². The molecule has 24 heavy (non-hydrogen) atoms. The van der Waals surface area contributed by atoms with Crippen molar-refractivity contribution in [1.29, 1.82) is 0 Å². The van der Waals surface area contributed by atoms with Crippen LogP contribution >= 0.6 is 0 Å². The Morgan fingerprint density at radius 2 is 1.92 bits per heavy atom. The molecule has 0 bridgehead atoms. The molecular formula is C16H22N2O5S. The number of carbonyl (C=O) groups excluding carboxylic acids is 1. The summed E-state index contributed by atoms with van der Waals surface area (Å²) in [5.74, 6) is -0.479. The Morgan fingerprint density at radius 3 is 2.54 bits per heavy atom. The second kappa shape index (κ2) is 7.74. The van der Waals surface area contributed by atoms with Gasteiger partial charge < -0.3 is 4.90 Å². The lowest BCUT2D eigenvalue weighted by Crippen LogP contribution is -2.30. The monoisotopic (exact) mass is 354 g/mol. The van der Waals surface area contributed by atoms with E-state index in [1.165, 1.54) is 18.0 Å². The number of hydrogen-bond acceptors (Lipinski definition) is 5. The molecule has 1 saturated carbocycles. The summed E-state index contributed by atoms with van der Waals surface area (Å²) in [5, 5.41) is 10.7. The first-order valence-corrected chi connectivity index (χ1v) is 9.70. The highest BCUT2D eigenvalue weighted by molar-refractivity contribution is 7.92. The van der Waals surface area contributed by atoms with E-state index in [-0.39, 0.29) is 35.6 Å². The molecule has 1 aliphatic carbocycles. The van der Waals surface area contributed by atoms with Gasteiger partial charge in [0.05, 0.1) is 22.5 Å². The SMILES string of the molecule is CN(Cc1ccccc1[N+](=O)[O-])C(=O)CCS(=O)(=O)C1CCCC1. The number of carbonyl (C=O) groups is 1. The van der Waals surface area contributed by atoms with Crippen LogP contribution in [0.1, 0.15) is 37.7 Å². The van der Waals surface area contributed by atoms with Crippen molar-refractivity contribution in [3.8, 4) is 0 Å². The van der Waals surface area contributed by atoms with Crippen molar-refractivity contribution in [2.75, 3.05) is 12.8 Å². The molecule has 0 aliphatic heterocycles. The van der Waals surface area contributed by atoms with Crippen LogP contribution in [0.25, 0.3) is 0 Å². The summed E-state index contributed by atoms with van der Waals surface area (Å²) in [4.78, 5) is 24.0. The number of nitro groups is 1. The fourth-order valence-corrected chi connectivity index (χ4v) is 4.84. The normalized spacial score (nSPS) is 15.4. The Kier molecular flexibility index (Phi) is 5.93. The van der Waals surface area contributed by atoms with Crippen LogP contribution in [0.5, 0.6) is 0 Å². The maximum Gasteiger partial charge on any atom is 0.274 e. The molecule has 132 valence electrons. The van der Waals surface area contributed by atoms with Gasteiger partial charge in [-0.05, 0) is 12.8 Å². The zero-order valence-electron chi connectivity index (χ0n) is 13.7. The van der Waals surface area contributed by atoms with Crippen LogP contribution in [-0.4, -0.2) is 42.2 Å². The smallest absolute Gasteiger partial charge is 0.274 e. The second-order valence-electron chi connectivity index (χ2n) is 6.16. The summed E-state index contributed by atoms with van der Waals surface area (Å²) in [5.41, 5.74) is 0.382. The number of hydrogen-bond donors (Lipinski definition) is 0. The van der Waals surface area contributed by atoms with Gasteiger partial charge in [0.15, 0.2) is 9.84 Å². The fraction of sp³-hybridized carbons (Fsp3) is 0.562. The van der Waals surface area contributed by atoms with E-state index in [1.807, 2.05) is 0 Å². The van der Waals surface area contributed by atoms with E-state index in [0.29, 0.717) is 18.4 Å². The number of para-hydroxylation sites is 1. The van der Waals surface area contributed by atoms with Gasteiger partial charge in [-0.25, -0.2) is 8.42 Å². The first kappa shape index (κ1) is 18.4. The zero-order valence-corrected chi connectivity index (χ0v) is 14.5. The predicted molar refractivity (Wildman–Crippen MR) is 90.2 cm³/mol. The second-order valence-corrected chi connectivity index (χ2v) is 8.56. The molecule has 7 nitrogen and oxygen atoms in total. The third kappa shape index (κ3) is 4.53. The maximum absolute atomic E-state index is 12.2. The molecule has 0 heterocycles. The molecule has 1 aliphatic rings. The third-order valence-electron chi connectivity index (χ3n) is 4.43. The minimum absolute atomic E-state index is 0.0456. The lowest BCUT2D eigenvalue weighted by molar-refractivity contribution is -0.385. The van der Waals surface area contributed by atoms with Crippen LogP contribution in [0.15, 0.2) is 24.3 Å². The molecule has 1 aromatic rings. The average Bonchev–Trinajstić information content (AvgIpc) is 3.08. The van der Waals surface area contributed by atoms with Gasteiger partial charge >= 0.3 is 0 Å². The van der Waals surface area contributed by atoms with E-state index in [0.717, 1.165) is 12.8 Å². The average molecular weight is 354 g/mol. The van der Waals surface area contributed by atoms with Crippen LogP contribution in [0.3, 0.4) is 0 Å². The molecule has 0 atom stereocenters. The van der Waals surface area contributed by atoms with Crippen molar-refractivity contribution in [2.45, 2.75) is 43.9 Å². The summed E-state index contributed by atoms with van der Waals surface area (Å²) in [6.07, 6.45) is 3.13. The van der Waals surface area contributed by atoms with Gasteiger partial charge in [-0.1, -0.05) is 31.0 Å². The predicted octanol–water partition coefficient (Wildman–Crippen LogP) is 2.30. The van der Waals surface area contributed by atoms with Crippen molar-refractivity contribution >= 4 is 21.4 Å². The molecule has 0 aromatic heterocycles. The van der Waals surface area contributed by atoms with Crippen molar-refractivity contribution in [3.63, 3.8) is 0 Å². The molecule has 8 heteroatoms. The summed E-state index contributed by atoms with van der Waals surface area (Å²) in [7, 11) is -1.71. The Hall–Kier alpha value is -1.96. The quantitative estimate of drug-likeness (QED) is 0.553. The standard InChI is InChI=1S/C16H22N2O5S/c1-17(12-13-6-2-5-9-15(13)18(20)21)16(19)10-11-24(22,23)14-7-3-4-8-14/h2,5-6,9,14H,3-4,7-8,10-12H2,1H3. The summed E-state index contributed by atoms with van der Waals surface area (Å²) in [6, 6.07) is 6.22. The van der Waals surface area contributed by atoms with E-state index >= 15 is 0 Å². The minimum atomic E-state index is -3.24. The van der Waals surface area contributed by atoms with E-state index in [4.69, 9.17) is 0 Å². The van der Waals surface area contributed by atoms with E-state index < -0.39 is 14.8 Å². The van der Waals surface area contributed by atoms with Crippen molar-refractivity contribution in [3.05, 3.63) is 39.9 Å². The summed E-state index contributed by atoms with van der Waals surface area (Å²) < 4.78 is 24.4. The number of nitrogens with zero attached hydrogens (tertiary/aromatic N) is 2. The van der Waals surface area contributed by atoms with Crippen molar-refractivity contribution in [1.82, 2.24) is 4.90 Å². The number of sulfone groups is 1. The Balaban J connectivity index is 1.94. The third-order valence-corrected chi connectivity index (χ3v) is 6.69. The zero-order chi connectivity index (χ0) is 17.7. The molecule has 1 aromatic carbocycles. The molecule has 0 saturated heterocycles. The van der Waals surface area contributed by atoms with Crippen LogP contribution < -0.4 is 0 Å². The van der Waals surface area contributed by atoms with Gasteiger partial charge in [0.2, 0.25) is 5.91 Å². The topological polar surface area (TPSA) is 97.6 Å². The lowest BCUT2D eigenvalue weighted by Gasteiger charge is -2.18. The molecule has 0 spiro atoms. The fourth-order valence-electron chi connectivity index (χ4n) is 3.00. The summed E-state index contributed by atoms with van der Waals surface area (Å²) >= 11 is 0. The molecule has 2 rings (SSSR count). The summed E-state index contributed by atoms with van der Waals surface area (Å²) in [6.45, 7) is 0.0828. The van der Waals surface area contributed by atoms with Crippen LogP contribution in [0.2, 0.25) is 0 Å². The molecule has 1 fully saturated rings. The van der Waals surface area contributed by atoms with Gasteiger partial charge in [-0.2, -0.15) is 0 Å².